The van der Waals surface area contributed by atoms with Crippen LogP contribution < -0.4 is 0 Å². The van der Waals surface area contributed by atoms with Crippen LogP contribution >= 0.6 is 15.9 Å². The zero-order valence-corrected chi connectivity index (χ0v) is 10.4. The molecule has 0 amide bonds. The summed E-state index contributed by atoms with van der Waals surface area (Å²) in [6.07, 6.45) is 0. The summed E-state index contributed by atoms with van der Waals surface area (Å²) in [7, 11) is 0. The monoisotopic (exact) mass is 212 g/mol. The van der Waals surface area contributed by atoms with Crippen molar-refractivity contribution in [3.63, 3.8) is 0 Å². The van der Waals surface area contributed by atoms with Crippen molar-refractivity contribution in [2.75, 3.05) is 5.33 Å². The summed E-state index contributed by atoms with van der Waals surface area (Å²) < 4.78 is 0.646. The van der Waals surface area contributed by atoms with Gasteiger partial charge in [-0.1, -0.05) is 0 Å². The first kappa shape index (κ1) is 7.02. The van der Waals surface area contributed by atoms with Crippen LogP contribution in [0.1, 0.15) is 13.8 Å². The molecule has 0 aromatic heterocycles. The molecule has 2 heteroatoms. The molecule has 0 radical (unpaired) electrons. The Labute approximate surface area is 56.0 Å². The third-order valence-electron chi connectivity index (χ3n) is 0.401. The van der Waals surface area contributed by atoms with Gasteiger partial charge in [-0.05, 0) is 0 Å². The van der Waals surface area contributed by atoms with Gasteiger partial charge in [-0.3, -0.25) is 0 Å². The molecule has 6 heavy (non-hydrogen) atoms. The van der Waals surface area contributed by atoms with E-state index in [1.54, 1.807) is 0 Å². The van der Waals surface area contributed by atoms with Crippen LogP contribution in [-0.2, 0) is 0 Å². The summed E-state index contributed by atoms with van der Waals surface area (Å²) in [5.74, 6) is 0. The van der Waals surface area contributed by atoms with E-state index < -0.39 is 0 Å². The number of alkyl halides is 1. The number of hydrogen-bond acceptors (Lipinski definition) is 0. The fourth-order valence-electron chi connectivity index (χ4n) is 0. The van der Waals surface area contributed by atoms with Gasteiger partial charge in [0.15, 0.2) is 0 Å². The molecular weight excluding hydrogens is 201 g/mol. The second kappa shape index (κ2) is 2.36. The van der Waals surface area contributed by atoms with Gasteiger partial charge in [-0.15, -0.1) is 0 Å². The van der Waals surface area contributed by atoms with Crippen LogP contribution in [0.2, 0.25) is 4.25 Å². The fourth-order valence-corrected chi connectivity index (χ4v) is 0. The van der Waals surface area contributed by atoms with E-state index in [1.165, 1.54) is 5.33 Å². The summed E-state index contributed by atoms with van der Waals surface area (Å²) in [6, 6.07) is 0. The van der Waals surface area contributed by atoms with Gasteiger partial charge in [0.05, 0.1) is 0 Å². The third kappa shape index (κ3) is 5.02. The molecule has 0 aliphatic heterocycles. The predicted octanol–water partition coefficient (Wildman–Crippen LogP) is 0.945. The molecule has 0 atom stereocenters. The molecule has 0 saturated carbocycles. The van der Waals surface area contributed by atoms with Crippen LogP contribution in [0.3, 0.4) is 0 Å². The molecule has 0 spiro atoms. The summed E-state index contributed by atoms with van der Waals surface area (Å²) in [5, 5.41) is 1.17. The van der Waals surface area contributed by atoms with Crippen LogP contribution in [0.25, 0.3) is 0 Å². The normalized spacial score (nSPS) is 12.5. The standard InChI is InChI=1S/C4H11BrGe/c1-4(2,6)3-5/h3H2,1-2,6H3. The summed E-state index contributed by atoms with van der Waals surface area (Å²) >= 11 is 4.38. The average Bonchev–Trinajstić information content (AvgIpc) is 1.35. The van der Waals surface area contributed by atoms with Crippen LogP contribution in [0.4, 0.5) is 0 Å². The molecule has 0 nitrogen and oxygen atoms in total. The van der Waals surface area contributed by atoms with E-state index in [0.29, 0.717) is 4.25 Å². The number of hydrogen-bond donors (Lipinski definition) is 0. The summed E-state index contributed by atoms with van der Waals surface area (Å²) in [5.41, 5.74) is 0. The Morgan fingerprint density at radius 2 is 1.83 bits per heavy atom. The molecule has 0 saturated heterocycles. The second-order valence-electron chi connectivity index (χ2n) is 2.69. The van der Waals surface area contributed by atoms with E-state index >= 15 is 0 Å². The Kier molecular flexibility index (Phi) is 2.76. The molecular formula is C4H11BrGe. The van der Waals surface area contributed by atoms with Crippen LogP contribution in [-0.4, -0.2) is 21.8 Å². The summed E-state index contributed by atoms with van der Waals surface area (Å²) in [6.45, 7) is 4.56. The van der Waals surface area contributed by atoms with Gasteiger partial charge in [-0.2, -0.15) is 0 Å². The van der Waals surface area contributed by atoms with E-state index in [9.17, 15) is 0 Å². The van der Waals surface area contributed by atoms with Crippen molar-refractivity contribution in [2.24, 2.45) is 0 Å². The second-order valence-corrected chi connectivity index (χ2v) is 8.93. The Bertz CT molecular complexity index is 37.3. The Balaban J connectivity index is 3.17. The van der Waals surface area contributed by atoms with E-state index in [2.05, 4.69) is 29.8 Å². The summed E-state index contributed by atoms with van der Waals surface area (Å²) in [4.78, 5) is 0. The van der Waals surface area contributed by atoms with Gasteiger partial charge in [0.2, 0.25) is 0 Å². The van der Waals surface area contributed by atoms with Crippen molar-refractivity contribution in [1.82, 2.24) is 0 Å². The van der Waals surface area contributed by atoms with Gasteiger partial charge in [0.25, 0.3) is 0 Å². The Morgan fingerprint density at radius 3 is 1.83 bits per heavy atom. The van der Waals surface area contributed by atoms with Gasteiger partial charge in [0.1, 0.15) is 0 Å². The topological polar surface area (TPSA) is 0 Å². The maximum atomic E-state index is 3.42. The van der Waals surface area contributed by atoms with Crippen LogP contribution in [0.5, 0.6) is 0 Å². The van der Waals surface area contributed by atoms with Crippen molar-refractivity contribution >= 4 is 32.4 Å². The van der Waals surface area contributed by atoms with Crippen molar-refractivity contribution in [3.8, 4) is 0 Å². The van der Waals surface area contributed by atoms with E-state index in [-0.39, 0.29) is 0 Å². The van der Waals surface area contributed by atoms with E-state index in [1.807, 2.05) is 0 Å². The van der Waals surface area contributed by atoms with Crippen molar-refractivity contribution in [1.29, 1.82) is 0 Å². The molecule has 0 unspecified atom stereocenters. The quantitative estimate of drug-likeness (QED) is 0.448. The molecule has 0 fully saturated rings. The predicted molar refractivity (Wildman–Crippen MR) is 37.8 cm³/mol. The van der Waals surface area contributed by atoms with Gasteiger partial charge >= 0.3 is 55.9 Å². The van der Waals surface area contributed by atoms with E-state index in [4.69, 9.17) is 0 Å². The first-order valence-electron chi connectivity index (χ1n) is 2.12. The molecule has 0 aromatic carbocycles. The Morgan fingerprint density at radius 1 is 1.67 bits per heavy atom. The molecule has 0 rings (SSSR count). The third-order valence-corrected chi connectivity index (χ3v) is 5.00. The van der Waals surface area contributed by atoms with Crippen molar-refractivity contribution in [3.05, 3.63) is 0 Å². The number of halogens is 1. The fraction of sp³-hybridized carbons (Fsp3) is 1.00. The maximum absolute atomic E-state index is 3.42. The minimum absolute atomic E-state index is 0.646. The SMILES string of the molecule is C[C](C)([GeH3])CBr. The van der Waals surface area contributed by atoms with Crippen LogP contribution in [0.15, 0.2) is 0 Å². The zero-order chi connectivity index (χ0) is 5.21. The van der Waals surface area contributed by atoms with Crippen molar-refractivity contribution in [2.45, 2.75) is 18.1 Å². The number of rotatable bonds is 1. The average molecular weight is 212 g/mol. The molecule has 38 valence electrons. The van der Waals surface area contributed by atoms with E-state index in [0.717, 1.165) is 16.5 Å². The van der Waals surface area contributed by atoms with Crippen molar-refractivity contribution < 1.29 is 0 Å². The van der Waals surface area contributed by atoms with Gasteiger partial charge < -0.3 is 0 Å². The first-order chi connectivity index (χ1) is 2.56. The zero-order valence-electron chi connectivity index (χ0n) is 4.59. The van der Waals surface area contributed by atoms with Gasteiger partial charge in [-0.25, -0.2) is 0 Å². The Hall–Kier alpha value is 1.02. The molecule has 0 bridgehead atoms. The first-order valence-corrected chi connectivity index (χ1v) is 5.34. The van der Waals surface area contributed by atoms with Gasteiger partial charge in [0, 0.05) is 0 Å². The minimum atomic E-state index is 0.646. The molecule has 0 aliphatic rings. The molecule has 0 heterocycles. The molecule has 0 aliphatic carbocycles. The van der Waals surface area contributed by atoms with Crippen LogP contribution in [0, 0.1) is 0 Å². The molecule has 0 N–H and O–H groups in total. The molecule has 0 aromatic rings.